The van der Waals surface area contributed by atoms with Crippen molar-refractivity contribution in [2.45, 2.75) is 25.4 Å². The molecule has 36 heavy (non-hydrogen) atoms. The van der Waals surface area contributed by atoms with Crippen molar-refractivity contribution >= 4 is 23.2 Å². The number of hydrogen-bond donors (Lipinski definition) is 3. The molecule has 0 saturated heterocycles. The Morgan fingerprint density at radius 1 is 1.03 bits per heavy atom. The van der Waals surface area contributed by atoms with Crippen molar-refractivity contribution in [2.24, 2.45) is 5.10 Å². The second-order valence-corrected chi connectivity index (χ2v) is 8.53. The summed E-state index contributed by atoms with van der Waals surface area (Å²) < 4.78 is 16.4. The van der Waals surface area contributed by atoms with Gasteiger partial charge in [-0.1, -0.05) is 42.5 Å². The lowest BCUT2D eigenvalue weighted by Crippen LogP contribution is -2.39. The van der Waals surface area contributed by atoms with Crippen LogP contribution < -0.4 is 30.3 Å². The number of fused-ring (bicyclic) bond motifs is 2. The predicted octanol–water partition coefficient (Wildman–Crippen LogP) is 3.68. The highest BCUT2D eigenvalue weighted by Gasteiger charge is 2.29. The number of rotatable bonds is 5. The molecular formula is C27H26N4O5. The van der Waals surface area contributed by atoms with Crippen molar-refractivity contribution in [3.05, 3.63) is 83.4 Å². The van der Waals surface area contributed by atoms with Crippen molar-refractivity contribution in [1.82, 2.24) is 10.7 Å². The van der Waals surface area contributed by atoms with E-state index in [1.165, 1.54) is 0 Å². The highest BCUT2D eigenvalue weighted by atomic mass is 16.7. The van der Waals surface area contributed by atoms with Crippen LogP contribution in [-0.2, 0) is 9.59 Å². The van der Waals surface area contributed by atoms with Crippen LogP contribution in [0.15, 0.2) is 71.8 Å². The molecule has 184 valence electrons. The van der Waals surface area contributed by atoms with E-state index in [1.807, 2.05) is 73.7 Å². The van der Waals surface area contributed by atoms with Crippen LogP contribution in [0, 0.1) is 0 Å². The van der Waals surface area contributed by atoms with Crippen LogP contribution in [0.3, 0.4) is 0 Å². The summed E-state index contributed by atoms with van der Waals surface area (Å²) in [5, 5.41) is 10.6. The van der Waals surface area contributed by atoms with Crippen molar-refractivity contribution in [3.63, 3.8) is 0 Å². The molecule has 2 aliphatic heterocycles. The molecule has 0 radical (unpaired) electrons. The Hall–Kier alpha value is -4.53. The molecule has 9 heteroatoms. The quantitative estimate of drug-likeness (QED) is 0.375. The number of benzene rings is 3. The van der Waals surface area contributed by atoms with Gasteiger partial charge in [-0.05, 0) is 36.2 Å². The lowest BCUT2D eigenvalue weighted by atomic mass is 9.91. The zero-order valence-corrected chi connectivity index (χ0v) is 19.9. The second-order valence-electron chi connectivity index (χ2n) is 8.53. The molecule has 3 aromatic rings. The Morgan fingerprint density at radius 3 is 2.58 bits per heavy atom. The molecule has 0 spiro atoms. The van der Waals surface area contributed by atoms with Crippen molar-refractivity contribution < 1.29 is 23.8 Å². The first-order valence-corrected chi connectivity index (χ1v) is 11.6. The summed E-state index contributed by atoms with van der Waals surface area (Å²) in [4.78, 5) is 25.1. The minimum atomic E-state index is -0.843. The van der Waals surface area contributed by atoms with E-state index >= 15 is 0 Å². The summed E-state index contributed by atoms with van der Waals surface area (Å²) in [5.74, 6) is 0.361. The standard InChI is InChI=1S/C27H26N4O5/c1-16(17-7-4-3-5-8-17)28-26(32)27(33)31-30-23-13-21(18-9-6-10-19(11-18)34-2)29-22-14-25-24(12-20(22)23)35-15-36-25/h3-12,14,16,21,29H,13,15H2,1-2H3,(H,28,32)(H,31,33)/b30-23+/t16?,21-/m0/s1. The van der Waals surface area contributed by atoms with E-state index in [-0.39, 0.29) is 18.9 Å². The minimum Gasteiger partial charge on any atom is -0.497 e. The van der Waals surface area contributed by atoms with Gasteiger partial charge in [0.25, 0.3) is 0 Å². The highest BCUT2D eigenvalue weighted by molar-refractivity contribution is 6.35. The highest BCUT2D eigenvalue weighted by Crippen LogP contribution is 2.42. The molecule has 9 nitrogen and oxygen atoms in total. The van der Waals surface area contributed by atoms with Crippen molar-refractivity contribution in [3.8, 4) is 17.2 Å². The summed E-state index contributed by atoms with van der Waals surface area (Å²) in [6.45, 7) is 1.96. The summed E-state index contributed by atoms with van der Waals surface area (Å²) in [6, 6.07) is 20.4. The van der Waals surface area contributed by atoms with E-state index in [1.54, 1.807) is 7.11 Å². The Balaban J connectivity index is 1.38. The van der Waals surface area contributed by atoms with Gasteiger partial charge in [0.2, 0.25) is 6.79 Å². The fraction of sp³-hybridized carbons (Fsp3) is 0.222. The van der Waals surface area contributed by atoms with E-state index in [0.717, 1.165) is 28.1 Å². The third-order valence-corrected chi connectivity index (χ3v) is 6.19. The molecule has 0 fully saturated rings. The third kappa shape index (κ3) is 4.81. The number of methoxy groups -OCH3 is 1. The predicted molar refractivity (Wildman–Crippen MR) is 134 cm³/mol. The van der Waals surface area contributed by atoms with Crippen LogP contribution in [0.1, 0.15) is 42.1 Å². The van der Waals surface area contributed by atoms with Gasteiger partial charge in [0.15, 0.2) is 11.5 Å². The molecule has 0 aromatic heterocycles. The number of hydrogen-bond acceptors (Lipinski definition) is 7. The van der Waals surface area contributed by atoms with Crippen molar-refractivity contribution in [1.29, 1.82) is 0 Å². The molecule has 2 amide bonds. The fourth-order valence-corrected chi connectivity index (χ4v) is 4.26. The summed E-state index contributed by atoms with van der Waals surface area (Å²) in [5.41, 5.74) is 6.46. The SMILES string of the molecule is COc1cccc([C@@H]2C/C(=N\NC(=O)C(=O)NC(C)c3ccccc3)c3cc4c(cc3N2)OCO4)c1. The van der Waals surface area contributed by atoms with Gasteiger partial charge in [0, 0.05) is 23.7 Å². The first-order valence-electron chi connectivity index (χ1n) is 11.6. The lowest BCUT2D eigenvalue weighted by molar-refractivity contribution is -0.139. The van der Waals surface area contributed by atoms with Crippen LogP contribution in [0.25, 0.3) is 0 Å². The van der Waals surface area contributed by atoms with Gasteiger partial charge in [0.1, 0.15) is 5.75 Å². The average molecular weight is 487 g/mol. The number of anilines is 1. The Kier molecular flexibility index (Phi) is 6.44. The molecule has 5 rings (SSSR count). The zero-order valence-electron chi connectivity index (χ0n) is 19.9. The molecule has 2 heterocycles. The van der Waals surface area contributed by atoms with Crippen LogP contribution >= 0.6 is 0 Å². The Labute approximate surface area is 208 Å². The topological polar surface area (TPSA) is 110 Å². The Bertz CT molecular complexity index is 1320. The number of ether oxygens (including phenoxy) is 3. The maximum atomic E-state index is 12.6. The van der Waals surface area contributed by atoms with Gasteiger partial charge >= 0.3 is 11.8 Å². The van der Waals surface area contributed by atoms with Gasteiger partial charge in [-0.15, -0.1) is 0 Å². The summed E-state index contributed by atoms with van der Waals surface area (Å²) in [6.07, 6.45) is 0.460. The van der Waals surface area contributed by atoms with E-state index in [9.17, 15) is 9.59 Å². The zero-order chi connectivity index (χ0) is 25.1. The monoisotopic (exact) mass is 486 g/mol. The number of nitrogens with zero attached hydrogens (tertiary/aromatic N) is 1. The average Bonchev–Trinajstić information content (AvgIpc) is 3.38. The molecule has 2 aliphatic rings. The number of hydrazone groups is 1. The second kappa shape index (κ2) is 9.99. The maximum absolute atomic E-state index is 12.6. The molecule has 1 unspecified atom stereocenters. The van der Waals surface area contributed by atoms with Crippen LogP contribution in [0.2, 0.25) is 0 Å². The molecule has 3 aromatic carbocycles. The normalized spacial score (nSPS) is 17.5. The molecule has 0 aliphatic carbocycles. The number of carbonyl (C=O) groups excluding carboxylic acids is 2. The summed E-state index contributed by atoms with van der Waals surface area (Å²) >= 11 is 0. The number of amides is 2. The maximum Gasteiger partial charge on any atom is 0.329 e. The van der Waals surface area contributed by atoms with Crippen molar-refractivity contribution in [2.75, 3.05) is 19.2 Å². The molecule has 2 atom stereocenters. The van der Waals surface area contributed by atoms with E-state index in [2.05, 4.69) is 21.2 Å². The number of nitrogens with one attached hydrogen (secondary N) is 3. The van der Waals surface area contributed by atoms with Crippen LogP contribution in [-0.4, -0.2) is 31.4 Å². The van der Waals surface area contributed by atoms with Gasteiger partial charge < -0.3 is 24.8 Å². The minimum absolute atomic E-state index is 0.139. The lowest BCUT2D eigenvalue weighted by Gasteiger charge is -2.29. The van der Waals surface area contributed by atoms with Gasteiger partial charge in [-0.2, -0.15) is 5.10 Å². The first kappa shape index (κ1) is 23.2. The third-order valence-electron chi connectivity index (χ3n) is 6.19. The largest absolute Gasteiger partial charge is 0.497 e. The number of carbonyl (C=O) groups is 2. The summed E-state index contributed by atoms with van der Waals surface area (Å²) in [7, 11) is 1.62. The van der Waals surface area contributed by atoms with Crippen LogP contribution in [0.4, 0.5) is 5.69 Å². The van der Waals surface area contributed by atoms with E-state index in [0.29, 0.717) is 23.6 Å². The fourth-order valence-electron chi connectivity index (χ4n) is 4.26. The molecule has 0 bridgehead atoms. The van der Waals surface area contributed by atoms with Gasteiger partial charge in [-0.3, -0.25) is 9.59 Å². The van der Waals surface area contributed by atoms with E-state index < -0.39 is 11.8 Å². The van der Waals surface area contributed by atoms with Gasteiger partial charge in [-0.25, -0.2) is 5.43 Å². The first-order chi connectivity index (χ1) is 17.5. The Morgan fingerprint density at radius 2 is 1.81 bits per heavy atom. The van der Waals surface area contributed by atoms with Crippen LogP contribution in [0.5, 0.6) is 17.2 Å². The molecular weight excluding hydrogens is 460 g/mol. The molecule has 0 saturated carbocycles. The smallest absolute Gasteiger partial charge is 0.329 e. The van der Waals surface area contributed by atoms with Gasteiger partial charge in [0.05, 0.1) is 24.9 Å². The van der Waals surface area contributed by atoms with E-state index in [4.69, 9.17) is 14.2 Å². The molecule has 3 N–H and O–H groups in total.